The van der Waals surface area contributed by atoms with Gasteiger partial charge in [-0.2, -0.15) is 22.9 Å². The average molecular weight is 659 g/mol. The molecule has 0 heterocycles. The predicted octanol–water partition coefficient (Wildman–Crippen LogP) is 8.22. The summed E-state index contributed by atoms with van der Waals surface area (Å²) in [6.45, 7) is 5.45. The van der Waals surface area contributed by atoms with Gasteiger partial charge < -0.3 is 15.0 Å². The second-order valence-electron chi connectivity index (χ2n) is 10.4. The summed E-state index contributed by atoms with van der Waals surface area (Å²) in [6.07, 6.45) is 0. The first-order chi connectivity index (χ1) is 21.8. The molecule has 46 heavy (non-hydrogen) atoms. The van der Waals surface area contributed by atoms with Crippen molar-refractivity contribution in [3.63, 3.8) is 0 Å². The van der Waals surface area contributed by atoms with Crippen LogP contribution in [-0.2, 0) is 21.4 Å². The minimum absolute atomic E-state index is 0.0139. The number of phenols is 1. The molecule has 0 fully saturated rings. The number of aromatic hydroxyl groups is 1. The normalized spacial score (nSPS) is 12.6. The monoisotopic (exact) mass is 658 g/mol. The van der Waals surface area contributed by atoms with Gasteiger partial charge in [-0.25, -0.2) is 0 Å². The average Bonchev–Trinajstić information content (AvgIpc) is 3.01. The van der Waals surface area contributed by atoms with E-state index in [4.69, 9.17) is 9.92 Å². The van der Waals surface area contributed by atoms with Crippen LogP contribution >= 0.6 is 0 Å². The standard InChI is InChI=1S/C32H30N6O6S2/c1-19-9-13-24(14-10-19)38(4)45(40)44-25-15-11-23(12-16-25)34-36-30-21(3)17-22-18-27(46(41,42)43)31(32(39)28(22)29(30)33)37-35-26-8-6-5-7-20(26)2/h5-18,39H,33H2,1-4H3,(H,41,42,43). The van der Waals surface area contributed by atoms with Crippen molar-refractivity contribution >= 4 is 66.3 Å². The topological polar surface area (TPSA) is 180 Å². The molecule has 0 bridgehead atoms. The summed E-state index contributed by atoms with van der Waals surface area (Å²) in [4.78, 5) is -0.628. The molecule has 0 aromatic heterocycles. The van der Waals surface area contributed by atoms with Crippen molar-refractivity contribution < 1.29 is 26.5 Å². The Hall–Kier alpha value is -5.18. The quantitative estimate of drug-likeness (QED) is 0.0810. The lowest BCUT2D eigenvalue weighted by Crippen LogP contribution is -2.24. The van der Waals surface area contributed by atoms with Crippen molar-refractivity contribution in [1.82, 2.24) is 0 Å². The molecule has 0 saturated carbocycles. The van der Waals surface area contributed by atoms with Crippen molar-refractivity contribution in [2.75, 3.05) is 17.1 Å². The molecule has 12 nitrogen and oxygen atoms in total. The Morgan fingerprint density at radius 3 is 2.13 bits per heavy atom. The fraction of sp³-hybridized carbons (Fsp3) is 0.125. The predicted molar refractivity (Wildman–Crippen MR) is 179 cm³/mol. The van der Waals surface area contributed by atoms with Crippen LogP contribution in [0.5, 0.6) is 11.5 Å². The molecule has 0 spiro atoms. The Morgan fingerprint density at radius 2 is 1.48 bits per heavy atom. The fourth-order valence-electron chi connectivity index (χ4n) is 4.54. The van der Waals surface area contributed by atoms with Crippen LogP contribution in [0, 0.1) is 20.8 Å². The maximum atomic E-state index is 12.7. The molecule has 5 aromatic rings. The van der Waals surface area contributed by atoms with Crippen molar-refractivity contribution in [3.05, 3.63) is 102 Å². The van der Waals surface area contributed by atoms with Crippen molar-refractivity contribution in [2.24, 2.45) is 20.5 Å². The number of anilines is 2. The molecule has 14 heteroatoms. The molecule has 0 radical (unpaired) electrons. The van der Waals surface area contributed by atoms with E-state index in [0.29, 0.717) is 22.7 Å². The fourth-order valence-corrected chi connectivity index (χ4v) is 5.88. The second kappa shape index (κ2) is 13.0. The number of azo groups is 2. The summed E-state index contributed by atoms with van der Waals surface area (Å²) in [5, 5.41) is 28.2. The van der Waals surface area contributed by atoms with E-state index in [1.165, 1.54) is 10.4 Å². The highest BCUT2D eigenvalue weighted by atomic mass is 32.2. The molecule has 236 valence electrons. The minimum Gasteiger partial charge on any atom is -0.505 e. The first-order valence-electron chi connectivity index (χ1n) is 13.8. The lowest BCUT2D eigenvalue weighted by atomic mass is 10.0. The third kappa shape index (κ3) is 6.88. The lowest BCUT2D eigenvalue weighted by molar-refractivity contribution is 0.472. The van der Waals surface area contributed by atoms with Crippen LogP contribution in [0.2, 0.25) is 0 Å². The number of hydrogen-bond donors (Lipinski definition) is 3. The van der Waals surface area contributed by atoms with E-state index < -0.39 is 37.7 Å². The zero-order valence-electron chi connectivity index (χ0n) is 25.2. The van der Waals surface area contributed by atoms with E-state index in [1.807, 2.05) is 31.2 Å². The maximum Gasteiger partial charge on any atom is 0.318 e. The number of phenolic OH excluding ortho intramolecular Hbond substituents is 1. The number of rotatable bonds is 9. The summed E-state index contributed by atoms with van der Waals surface area (Å²) >= 11 is -1.79. The molecule has 0 saturated heterocycles. The summed E-state index contributed by atoms with van der Waals surface area (Å²) in [5.41, 5.74) is 10.2. The van der Waals surface area contributed by atoms with Crippen LogP contribution < -0.4 is 14.2 Å². The first-order valence-corrected chi connectivity index (χ1v) is 16.3. The summed E-state index contributed by atoms with van der Waals surface area (Å²) in [7, 11) is -3.14. The highest BCUT2D eigenvalue weighted by Crippen LogP contribution is 2.47. The highest BCUT2D eigenvalue weighted by Gasteiger charge is 2.25. The second-order valence-corrected chi connectivity index (χ2v) is 13.0. The molecule has 0 aliphatic rings. The maximum absolute atomic E-state index is 12.7. The van der Waals surface area contributed by atoms with Gasteiger partial charge in [0.25, 0.3) is 10.1 Å². The third-order valence-electron chi connectivity index (χ3n) is 7.08. The Kier molecular flexibility index (Phi) is 9.14. The van der Waals surface area contributed by atoms with Crippen LogP contribution in [0.1, 0.15) is 16.7 Å². The van der Waals surface area contributed by atoms with Gasteiger partial charge in [0.15, 0.2) is 5.75 Å². The number of nitrogens with zero attached hydrogens (tertiary/aromatic N) is 5. The van der Waals surface area contributed by atoms with E-state index in [2.05, 4.69) is 20.5 Å². The first kappa shape index (κ1) is 32.2. The Balaban J connectivity index is 1.44. The molecular formula is C32H30N6O6S2. The van der Waals surface area contributed by atoms with Gasteiger partial charge in [-0.1, -0.05) is 35.9 Å². The van der Waals surface area contributed by atoms with Gasteiger partial charge >= 0.3 is 11.3 Å². The molecule has 0 aliphatic heterocycles. The molecular weight excluding hydrogens is 629 g/mol. The van der Waals surface area contributed by atoms with Crippen molar-refractivity contribution in [2.45, 2.75) is 25.7 Å². The SMILES string of the molecule is Cc1ccc(N(C)S(=O)Oc2ccc(N=Nc3c(C)cc4cc(S(=O)(=O)O)c(N=Nc5ccccc5C)c(O)c4c3N)cc2)cc1. The number of benzene rings is 5. The molecule has 1 unspecified atom stereocenters. The van der Waals surface area contributed by atoms with Gasteiger partial charge in [-0.05, 0) is 91.9 Å². The van der Waals surface area contributed by atoms with E-state index in [0.717, 1.165) is 16.8 Å². The van der Waals surface area contributed by atoms with Crippen LogP contribution in [0.25, 0.3) is 10.8 Å². The van der Waals surface area contributed by atoms with Gasteiger partial charge in [-0.3, -0.25) is 8.86 Å². The number of hydrogen-bond acceptors (Lipinski definition) is 10. The molecule has 4 N–H and O–H groups in total. The van der Waals surface area contributed by atoms with Crippen molar-refractivity contribution in [3.8, 4) is 11.5 Å². The molecule has 0 aliphatic carbocycles. The molecule has 5 aromatic carbocycles. The largest absolute Gasteiger partial charge is 0.505 e. The Labute approximate surface area is 268 Å². The molecule has 0 amide bonds. The minimum atomic E-state index is -4.80. The van der Waals surface area contributed by atoms with E-state index >= 15 is 0 Å². The van der Waals surface area contributed by atoms with Crippen LogP contribution in [0.4, 0.5) is 34.1 Å². The Morgan fingerprint density at radius 1 is 0.826 bits per heavy atom. The van der Waals surface area contributed by atoms with Gasteiger partial charge in [0.2, 0.25) is 0 Å². The number of nitrogens with two attached hydrogens (primary N) is 1. The van der Waals surface area contributed by atoms with E-state index in [9.17, 15) is 22.3 Å². The zero-order chi connectivity index (χ0) is 33.2. The highest BCUT2D eigenvalue weighted by molar-refractivity contribution is 7.86. The zero-order valence-corrected chi connectivity index (χ0v) is 26.9. The van der Waals surface area contributed by atoms with Crippen LogP contribution in [-0.4, -0.2) is 29.3 Å². The smallest absolute Gasteiger partial charge is 0.318 e. The van der Waals surface area contributed by atoms with Crippen LogP contribution in [0.3, 0.4) is 0 Å². The van der Waals surface area contributed by atoms with Gasteiger partial charge in [0.1, 0.15) is 22.0 Å². The Bertz CT molecular complexity index is 2130. The molecule has 1 atom stereocenters. The van der Waals surface area contributed by atoms with E-state index in [1.54, 1.807) is 75.5 Å². The summed E-state index contributed by atoms with van der Waals surface area (Å²) < 4.78 is 54.3. The summed E-state index contributed by atoms with van der Waals surface area (Å²) in [5.74, 6) is -0.244. The number of fused-ring (bicyclic) bond motifs is 1. The number of aryl methyl sites for hydroxylation is 3. The number of nitrogen functional groups attached to an aromatic ring is 1. The van der Waals surface area contributed by atoms with Crippen LogP contribution in [0.15, 0.2) is 110 Å². The van der Waals surface area contributed by atoms with Gasteiger partial charge in [0, 0.05) is 7.05 Å². The van der Waals surface area contributed by atoms with Crippen molar-refractivity contribution in [1.29, 1.82) is 0 Å². The van der Waals surface area contributed by atoms with E-state index in [-0.39, 0.29) is 22.1 Å². The summed E-state index contributed by atoms with van der Waals surface area (Å²) in [6, 6.07) is 23.7. The van der Waals surface area contributed by atoms with Gasteiger partial charge in [0.05, 0.1) is 28.1 Å². The third-order valence-corrected chi connectivity index (χ3v) is 8.94. The lowest BCUT2D eigenvalue weighted by Gasteiger charge is -2.17. The van der Waals surface area contributed by atoms with Gasteiger partial charge in [-0.15, -0.1) is 10.2 Å². The molecule has 5 rings (SSSR count).